The van der Waals surface area contributed by atoms with Gasteiger partial charge in [0.05, 0.1) is 12.1 Å². The lowest BCUT2D eigenvalue weighted by Crippen LogP contribution is -2.23. The first-order chi connectivity index (χ1) is 8.72. The van der Waals surface area contributed by atoms with Gasteiger partial charge in [0.2, 0.25) is 0 Å². The number of para-hydroxylation sites is 1. The Hall–Kier alpha value is -1.13. The van der Waals surface area contributed by atoms with Gasteiger partial charge in [-0.25, -0.2) is 4.98 Å². The lowest BCUT2D eigenvalue weighted by molar-refractivity contribution is 0.154. The molecular formula is C14H17BrN2O. The van der Waals surface area contributed by atoms with E-state index in [0.29, 0.717) is 0 Å². The van der Waals surface area contributed by atoms with Crippen molar-refractivity contribution in [3.8, 4) is 0 Å². The van der Waals surface area contributed by atoms with Crippen molar-refractivity contribution in [3.05, 3.63) is 34.8 Å². The van der Waals surface area contributed by atoms with Gasteiger partial charge in [-0.3, -0.25) is 0 Å². The van der Waals surface area contributed by atoms with E-state index in [1.807, 2.05) is 32.2 Å². The topological polar surface area (TPSA) is 25.4 Å². The fourth-order valence-electron chi connectivity index (χ4n) is 1.77. The molecule has 0 aliphatic rings. The number of pyridine rings is 1. The molecule has 0 saturated heterocycles. The smallest absolute Gasteiger partial charge is 0.129 e. The van der Waals surface area contributed by atoms with Crippen LogP contribution >= 0.6 is 15.9 Å². The van der Waals surface area contributed by atoms with Gasteiger partial charge in [0.1, 0.15) is 5.82 Å². The Morgan fingerprint density at radius 2 is 2.11 bits per heavy atom. The fourth-order valence-corrected chi connectivity index (χ4v) is 2.24. The third-order valence-electron chi connectivity index (χ3n) is 2.82. The van der Waals surface area contributed by atoms with Crippen LogP contribution in [0.15, 0.2) is 34.8 Å². The Balaban J connectivity index is 2.21. The molecule has 0 amide bonds. The van der Waals surface area contributed by atoms with Crippen LogP contribution in [-0.2, 0) is 4.74 Å². The summed E-state index contributed by atoms with van der Waals surface area (Å²) >= 11 is 3.54. The molecule has 0 aliphatic carbocycles. The zero-order valence-electron chi connectivity index (χ0n) is 10.7. The SMILES string of the molecule is CCOCCN(C)c1ccc2cccc(Br)c2n1. The third kappa shape index (κ3) is 3.00. The van der Waals surface area contributed by atoms with Gasteiger partial charge in [0, 0.05) is 30.1 Å². The Kier molecular flexibility index (Phi) is 4.55. The van der Waals surface area contributed by atoms with Crippen LogP contribution in [0, 0.1) is 0 Å². The predicted molar refractivity (Wildman–Crippen MR) is 79.2 cm³/mol. The molecule has 0 aliphatic heterocycles. The predicted octanol–water partition coefficient (Wildman–Crippen LogP) is 3.47. The molecular weight excluding hydrogens is 292 g/mol. The molecule has 2 aromatic rings. The van der Waals surface area contributed by atoms with E-state index in [4.69, 9.17) is 4.74 Å². The van der Waals surface area contributed by atoms with Gasteiger partial charge in [0.25, 0.3) is 0 Å². The molecule has 18 heavy (non-hydrogen) atoms. The van der Waals surface area contributed by atoms with Crippen molar-refractivity contribution in [2.24, 2.45) is 0 Å². The summed E-state index contributed by atoms with van der Waals surface area (Å²) in [5, 5.41) is 1.14. The van der Waals surface area contributed by atoms with Crippen LogP contribution in [0.3, 0.4) is 0 Å². The molecule has 0 bridgehead atoms. The lowest BCUT2D eigenvalue weighted by atomic mass is 10.2. The number of benzene rings is 1. The van der Waals surface area contributed by atoms with Crippen molar-refractivity contribution >= 4 is 32.7 Å². The van der Waals surface area contributed by atoms with Crippen LogP contribution in [0.25, 0.3) is 10.9 Å². The maximum absolute atomic E-state index is 5.36. The summed E-state index contributed by atoms with van der Waals surface area (Å²) in [5.41, 5.74) is 0.998. The summed E-state index contributed by atoms with van der Waals surface area (Å²) in [4.78, 5) is 6.78. The normalized spacial score (nSPS) is 10.8. The van der Waals surface area contributed by atoms with Crippen molar-refractivity contribution in [3.63, 3.8) is 0 Å². The van der Waals surface area contributed by atoms with Crippen LogP contribution in [0.1, 0.15) is 6.92 Å². The Bertz CT molecular complexity index is 530. The summed E-state index contributed by atoms with van der Waals surface area (Å²) in [5.74, 6) is 0.967. The summed E-state index contributed by atoms with van der Waals surface area (Å²) in [6.45, 7) is 4.33. The first kappa shape index (κ1) is 13.3. The van der Waals surface area contributed by atoms with Crippen LogP contribution in [0.4, 0.5) is 5.82 Å². The molecule has 3 nitrogen and oxygen atoms in total. The number of fused-ring (bicyclic) bond motifs is 1. The maximum Gasteiger partial charge on any atom is 0.129 e. The van der Waals surface area contributed by atoms with Gasteiger partial charge in [-0.05, 0) is 41.1 Å². The number of rotatable bonds is 5. The van der Waals surface area contributed by atoms with Gasteiger partial charge in [-0.15, -0.1) is 0 Å². The number of ether oxygens (including phenoxy) is 1. The van der Waals surface area contributed by atoms with E-state index in [1.54, 1.807) is 0 Å². The quantitative estimate of drug-likeness (QED) is 0.791. The van der Waals surface area contributed by atoms with Gasteiger partial charge in [-0.2, -0.15) is 0 Å². The third-order valence-corrected chi connectivity index (χ3v) is 3.46. The van der Waals surface area contributed by atoms with E-state index < -0.39 is 0 Å². The highest BCUT2D eigenvalue weighted by atomic mass is 79.9. The molecule has 0 radical (unpaired) electrons. The van der Waals surface area contributed by atoms with Crippen LogP contribution < -0.4 is 4.90 Å². The average molecular weight is 309 g/mol. The number of hydrogen-bond donors (Lipinski definition) is 0. The van der Waals surface area contributed by atoms with Gasteiger partial charge in [0.15, 0.2) is 0 Å². The van der Waals surface area contributed by atoms with Gasteiger partial charge in [-0.1, -0.05) is 12.1 Å². The molecule has 0 atom stereocenters. The van der Waals surface area contributed by atoms with E-state index in [2.05, 4.69) is 37.9 Å². The van der Waals surface area contributed by atoms with Gasteiger partial charge < -0.3 is 9.64 Å². The van der Waals surface area contributed by atoms with Crippen LogP contribution in [-0.4, -0.2) is 31.8 Å². The number of likely N-dealkylation sites (N-methyl/N-ethyl adjacent to an activating group) is 1. The minimum absolute atomic E-state index is 0.725. The Morgan fingerprint density at radius 3 is 2.89 bits per heavy atom. The molecule has 0 N–H and O–H groups in total. The molecule has 0 spiro atoms. The number of halogens is 1. The van der Waals surface area contributed by atoms with Crippen molar-refractivity contribution in [1.82, 2.24) is 4.98 Å². The van der Waals surface area contributed by atoms with E-state index in [0.717, 1.165) is 41.0 Å². The summed E-state index contributed by atoms with van der Waals surface area (Å²) < 4.78 is 6.39. The van der Waals surface area contributed by atoms with Crippen molar-refractivity contribution in [1.29, 1.82) is 0 Å². The highest BCUT2D eigenvalue weighted by Crippen LogP contribution is 2.24. The molecule has 96 valence electrons. The van der Waals surface area contributed by atoms with Crippen LogP contribution in [0.2, 0.25) is 0 Å². The zero-order chi connectivity index (χ0) is 13.0. The molecule has 0 saturated carbocycles. The molecule has 1 aromatic carbocycles. The summed E-state index contributed by atoms with van der Waals surface area (Å²) in [7, 11) is 2.03. The first-order valence-electron chi connectivity index (χ1n) is 6.06. The summed E-state index contributed by atoms with van der Waals surface area (Å²) in [6.07, 6.45) is 0. The number of anilines is 1. The molecule has 2 rings (SSSR count). The van der Waals surface area contributed by atoms with Crippen molar-refractivity contribution < 1.29 is 4.74 Å². The Morgan fingerprint density at radius 1 is 1.28 bits per heavy atom. The van der Waals surface area contributed by atoms with Crippen molar-refractivity contribution in [2.75, 3.05) is 31.7 Å². The summed E-state index contributed by atoms with van der Waals surface area (Å²) in [6, 6.07) is 10.2. The molecule has 1 aromatic heterocycles. The molecule has 0 fully saturated rings. The highest BCUT2D eigenvalue weighted by Gasteiger charge is 2.05. The second-order valence-electron chi connectivity index (χ2n) is 4.10. The van der Waals surface area contributed by atoms with Gasteiger partial charge >= 0.3 is 0 Å². The molecule has 1 heterocycles. The molecule has 4 heteroatoms. The molecule has 0 unspecified atom stereocenters. The van der Waals surface area contributed by atoms with Crippen molar-refractivity contribution in [2.45, 2.75) is 6.92 Å². The minimum Gasteiger partial charge on any atom is -0.380 e. The second kappa shape index (κ2) is 6.16. The van der Waals surface area contributed by atoms with Crippen LogP contribution in [0.5, 0.6) is 0 Å². The highest BCUT2D eigenvalue weighted by molar-refractivity contribution is 9.10. The van der Waals surface area contributed by atoms with E-state index in [1.165, 1.54) is 0 Å². The second-order valence-corrected chi connectivity index (χ2v) is 4.95. The number of aromatic nitrogens is 1. The lowest BCUT2D eigenvalue weighted by Gasteiger charge is -2.18. The van der Waals surface area contributed by atoms with E-state index in [9.17, 15) is 0 Å². The Labute approximate surface area is 116 Å². The minimum atomic E-state index is 0.725. The largest absolute Gasteiger partial charge is 0.380 e. The standard InChI is InChI=1S/C14H17BrN2O/c1-3-18-10-9-17(2)13-8-7-11-5-4-6-12(15)14(11)16-13/h4-8H,3,9-10H2,1-2H3. The average Bonchev–Trinajstić information content (AvgIpc) is 2.39. The monoisotopic (exact) mass is 308 g/mol. The number of hydrogen-bond acceptors (Lipinski definition) is 3. The van der Waals surface area contributed by atoms with E-state index >= 15 is 0 Å². The first-order valence-corrected chi connectivity index (χ1v) is 6.86. The van der Waals surface area contributed by atoms with E-state index in [-0.39, 0.29) is 0 Å². The maximum atomic E-state index is 5.36. The fraction of sp³-hybridized carbons (Fsp3) is 0.357. The number of nitrogens with zero attached hydrogens (tertiary/aromatic N) is 2. The zero-order valence-corrected chi connectivity index (χ0v) is 12.3.